The van der Waals surface area contributed by atoms with Gasteiger partial charge in [-0.05, 0) is 31.0 Å². The summed E-state index contributed by atoms with van der Waals surface area (Å²) in [6.07, 6.45) is 2.99. The van der Waals surface area contributed by atoms with Crippen molar-refractivity contribution in [2.75, 3.05) is 24.5 Å². The van der Waals surface area contributed by atoms with E-state index in [9.17, 15) is 4.39 Å². The van der Waals surface area contributed by atoms with E-state index >= 15 is 0 Å². The Bertz CT molecular complexity index is 630. The van der Waals surface area contributed by atoms with E-state index in [-0.39, 0.29) is 5.82 Å². The molecule has 2 fully saturated rings. The first-order valence-electron chi connectivity index (χ1n) is 6.70. The molecule has 2 aliphatic heterocycles. The van der Waals surface area contributed by atoms with Crippen LogP contribution in [0.2, 0.25) is 0 Å². The number of fused-ring (bicyclic) bond motifs is 2. The highest BCUT2D eigenvalue weighted by Gasteiger charge is 2.35. The second-order valence-electron chi connectivity index (χ2n) is 5.37. The summed E-state index contributed by atoms with van der Waals surface area (Å²) in [4.78, 5) is 11.1. The zero-order valence-corrected chi connectivity index (χ0v) is 10.5. The quantitative estimate of drug-likeness (QED) is 0.843. The van der Waals surface area contributed by atoms with Crippen molar-refractivity contribution in [3.8, 4) is 0 Å². The Kier molecular flexibility index (Phi) is 2.41. The smallest absolute Gasteiger partial charge is 0.147 e. The molecule has 0 bridgehead atoms. The van der Waals surface area contributed by atoms with Gasteiger partial charge in [-0.2, -0.15) is 0 Å². The van der Waals surface area contributed by atoms with E-state index in [0.29, 0.717) is 11.6 Å². The monoisotopic (exact) mass is 258 g/mol. The Balaban J connectivity index is 1.66. The summed E-state index contributed by atoms with van der Waals surface area (Å²) in [5.74, 6) is 1.41. The number of halogens is 1. The topological polar surface area (TPSA) is 41.1 Å². The number of rotatable bonds is 1. The van der Waals surface area contributed by atoms with Crippen LogP contribution in [-0.4, -0.2) is 35.6 Å². The van der Waals surface area contributed by atoms with Gasteiger partial charge in [0.1, 0.15) is 11.6 Å². The normalized spacial score (nSPS) is 26.1. The van der Waals surface area contributed by atoms with Gasteiger partial charge in [0.15, 0.2) is 0 Å². The number of anilines is 1. The standard InChI is InChI=1S/C14H15FN4/c15-10-1-2-11-12(5-10)18-14(7-17-11)19-4-3-9-6-16-13(9)8-19/h1-2,5,7,9,13,16H,3-4,6,8H2. The molecule has 0 spiro atoms. The molecule has 0 aliphatic carbocycles. The molecule has 2 aromatic rings. The summed E-state index contributed by atoms with van der Waals surface area (Å²) in [6.45, 7) is 3.13. The Hall–Kier alpha value is -1.75. The lowest BCUT2D eigenvalue weighted by Gasteiger charge is -2.46. The number of aromatic nitrogens is 2. The number of piperidine rings is 1. The molecule has 2 unspecified atom stereocenters. The minimum Gasteiger partial charge on any atom is -0.354 e. The van der Waals surface area contributed by atoms with Gasteiger partial charge < -0.3 is 10.2 Å². The Morgan fingerprint density at radius 3 is 3.05 bits per heavy atom. The van der Waals surface area contributed by atoms with Crippen molar-refractivity contribution < 1.29 is 4.39 Å². The summed E-state index contributed by atoms with van der Waals surface area (Å²) >= 11 is 0. The maximum Gasteiger partial charge on any atom is 0.147 e. The van der Waals surface area contributed by atoms with Crippen molar-refractivity contribution in [1.29, 1.82) is 0 Å². The van der Waals surface area contributed by atoms with Gasteiger partial charge in [0.05, 0.1) is 17.2 Å². The van der Waals surface area contributed by atoms with Gasteiger partial charge in [0, 0.05) is 25.2 Å². The maximum absolute atomic E-state index is 13.2. The van der Waals surface area contributed by atoms with Crippen LogP contribution in [0.4, 0.5) is 10.2 Å². The Morgan fingerprint density at radius 2 is 2.26 bits per heavy atom. The highest BCUT2D eigenvalue weighted by molar-refractivity contribution is 5.75. The van der Waals surface area contributed by atoms with Gasteiger partial charge in [-0.25, -0.2) is 9.37 Å². The number of nitrogens with one attached hydrogen (secondary N) is 1. The zero-order chi connectivity index (χ0) is 12.8. The van der Waals surface area contributed by atoms with Crippen LogP contribution in [0.15, 0.2) is 24.4 Å². The number of hydrogen-bond donors (Lipinski definition) is 1. The molecule has 0 radical (unpaired) electrons. The van der Waals surface area contributed by atoms with Gasteiger partial charge >= 0.3 is 0 Å². The van der Waals surface area contributed by atoms with E-state index in [4.69, 9.17) is 0 Å². The van der Waals surface area contributed by atoms with Crippen LogP contribution in [0.5, 0.6) is 0 Å². The second kappa shape index (κ2) is 4.13. The lowest BCUT2D eigenvalue weighted by Crippen LogP contribution is -2.62. The molecule has 0 amide bonds. The molecule has 2 aliphatic rings. The van der Waals surface area contributed by atoms with Crippen LogP contribution in [0.3, 0.4) is 0 Å². The van der Waals surface area contributed by atoms with Crippen LogP contribution in [0, 0.1) is 11.7 Å². The molecule has 3 heterocycles. The van der Waals surface area contributed by atoms with E-state index in [1.807, 2.05) is 0 Å². The van der Waals surface area contributed by atoms with Crippen molar-refractivity contribution in [2.24, 2.45) is 5.92 Å². The van der Waals surface area contributed by atoms with Crippen molar-refractivity contribution >= 4 is 16.9 Å². The van der Waals surface area contributed by atoms with E-state index < -0.39 is 0 Å². The maximum atomic E-state index is 13.2. The third-order valence-corrected chi connectivity index (χ3v) is 4.21. The second-order valence-corrected chi connectivity index (χ2v) is 5.37. The molecular weight excluding hydrogens is 243 g/mol. The van der Waals surface area contributed by atoms with Gasteiger partial charge in [0.2, 0.25) is 0 Å². The minimum atomic E-state index is -0.265. The minimum absolute atomic E-state index is 0.265. The number of benzene rings is 1. The van der Waals surface area contributed by atoms with E-state index in [1.165, 1.54) is 18.6 Å². The molecule has 1 aromatic heterocycles. The van der Waals surface area contributed by atoms with Crippen molar-refractivity contribution in [2.45, 2.75) is 12.5 Å². The van der Waals surface area contributed by atoms with Crippen molar-refractivity contribution in [3.63, 3.8) is 0 Å². The first kappa shape index (κ1) is 11.1. The highest BCUT2D eigenvalue weighted by Crippen LogP contribution is 2.27. The van der Waals surface area contributed by atoms with E-state index in [1.54, 1.807) is 12.3 Å². The lowest BCUT2D eigenvalue weighted by molar-refractivity contribution is 0.196. The molecule has 1 aromatic carbocycles. The fourth-order valence-corrected chi connectivity index (χ4v) is 2.95. The van der Waals surface area contributed by atoms with Crippen molar-refractivity contribution in [3.05, 3.63) is 30.2 Å². The zero-order valence-electron chi connectivity index (χ0n) is 10.5. The largest absolute Gasteiger partial charge is 0.354 e. The number of nitrogens with zero attached hydrogens (tertiary/aromatic N) is 3. The number of hydrogen-bond acceptors (Lipinski definition) is 4. The predicted octanol–water partition coefficient (Wildman–Crippen LogP) is 1.57. The SMILES string of the molecule is Fc1ccc2ncc(N3CCC4CNC4C3)nc2c1. The van der Waals surface area contributed by atoms with Crippen LogP contribution < -0.4 is 10.2 Å². The van der Waals surface area contributed by atoms with Crippen LogP contribution >= 0.6 is 0 Å². The van der Waals surface area contributed by atoms with E-state index in [2.05, 4.69) is 20.2 Å². The fourth-order valence-electron chi connectivity index (χ4n) is 2.95. The lowest BCUT2D eigenvalue weighted by atomic mass is 9.85. The first-order valence-corrected chi connectivity index (χ1v) is 6.70. The summed E-state index contributed by atoms with van der Waals surface area (Å²) in [5.41, 5.74) is 1.36. The molecule has 2 atom stereocenters. The Labute approximate surface area is 110 Å². The molecular formula is C14H15FN4. The van der Waals surface area contributed by atoms with E-state index in [0.717, 1.165) is 36.9 Å². The predicted molar refractivity (Wildman–Crippen MR) is 71.6 cm³/mol. The Morgan fingerprint density at radius 1 is 1.32 bits per heavy atom. The average Bonchev–Trinajstić information content (AvgIpc) is 2.39. The molecule has 4 nitrogen and oxygen atoms in total. The van der Waals surface area contributed by atoms with Crippen molar-refractivity contribution in [1.82, 2.24) is 15.3 Å². The summed E-state index contributed by atoms with van der Waals surface area (Å²) < 4.78 is 13.2. The average molecular weight is 258 g/mol. The highest BCUT2D eigenvalue weighted by atomic mass is 19.1. The molecule has 4 rings (SSSR count). The van der Waals surface area contributed by atoms with Gasteiger partial charge in [-0.15, -0.1) is 0 Å². The molecule has 5 heteroatoms. The summed E-state index contributed by atoms with van der Waals surface area (Å²) in [5, 5.41) is 3.44. The summed E-state index contributed by atoms with van der Waals surface area (Å²) in [6, 6.07) is 5.11. The van der Waals surface area contributed by atoms with Gasteiger partial charge in [-0.1, -0.05) is 0 Å². The van der Waals surface area contributed by atoms with Crippen LogP contribution in [0.1, 0.15) is 6.42 Å². The molecule has 2 saturated heterocycles. The summed E-state index contributed by atoms with van der Waals surface area (Å²) in [7, 11) is 0. The van der Waals surface area contributed by atoms with Crippen LogP contribution in [0.25, 0.3) is 11.0 Å². The third kappa shape index (κ3) is 1.85. The van der Waals surface area contributed by atoms with Gasteiger partial charge in [-0.3, -0.25) is 4.98 Å². The molecule has 0 saturated carbocycles. The third-order valence-electron chi connectivity index (χ3n) is 4.21. The molecule has 19 heavy (non-hydrogen) atoms. The molecule has 1 N–H and O–H groups in total. The van der Waals surface area contributed by atoms with Gasteiger partial charge in [0.25, 0.3) is 0 Å². The molecule has 98 valence electrons. The van der Waals surface area contributed by atoms with Crippen LogP contribution in [-0.2, 0) is 0 Å². The first-order chi connectivity index (χ1) is 9.29. The fraction of sp³-hybridized carbons (Fsp3) is 0.429.